The van der Waals surface area contributed by atoms with Crippen LogP contribution in [0.15, 0.2) is 54.7 Å². The molecule has 1 amide bonds. The highest BCUT2D eigenvalue weighted by molar-refractivity contribution is 5.88. The summed E-state index contributed by atoms with van der Waals surface area (Å²) in [7, 11) is 0. The van der Waals surface area contributed by atoms with E-state index in [0.29, 0.717) is 17.3 Å². The Morgan fingerprint density at radius 3 is 2.59 bits per heavy atom. The van der Waals surface area contributed by atoms with Gasteiger partial charge in [0.05, 0.1) is 5.69 Å². The zero-order valence-electron chi connectivity index (χ0n) is 17.5. The largest absolute Gasteiger partial charge is 0.354 e. The van der Waals surface area contributed by atoms with Crippen LogP contribution in [0.25, 0.3) is 28.2 Å². The molecule has 1 aliphatic heterocycles. The lowest BCUT2D eigenvalue weighted by Gasteiger charge is -2.28. The number of hydrogen-bond donors (Lipinski definition) is 2. The van der Waals surface area contributed by atoms with E-state index in [2.05, 4.69) is 20.5 Å². The van der Waals surface area contributed by atoms with Crippen LogP contribution in [0.1, 0.15) is 6.92 Å². The van der Waals surface area contributed by atoms with Crippen molar-refractivity contribution >= 4 is 28.7 Å². The Hall–Kier alpha value is -3.85. The van der Waals surface area contributed by atoms with Crippen LogP contribution in [-0.2, 0) is 4.79 Å². The van der Waals surface area contributed by atoms with Gasteiger partial charge in [0, 0.05) is 50.9 Å². The Bertz CT molecular complexity index is 1280. The number of imidazole rings is 1. The molecule has 4 heterocycles. The maximum Gasteiger partial charge on any atom is 0.222 e. The van der Waals surface area contributed by atoms with E-state index in [1.54, 1.807) is 24.4 Å². The van der Waals surface area contributed by atoms with Crippen LogP contribution in [0.4, 0.5) is 16.0 Å². The Labute approximate surface area is 184 Å². The van der Waals surface area contributed by atoms with Crippen molar-refractivity contribution in [2.45, 2.75) is 6.92 Å². The van der Waals surface area contributed by atoms with Gasteiger partial charge in [-0.2, -0.15) is 0 Å². The number of piperazine rings is 1. The summed E-state index contributed by atoms with van der Waals surface area (Å²) in [4.78, 5) is 27.7. The van der Waals surface area contributed by atoms with Gasteiger partial charge in [-0.1, -0.05) is 0 Å². The molecule has 4 aromatic rings. The number of fused-ring (bicyclic) bond motifs is 1. The van der Waals surface area contributed by atoms with E-state index in [-0.39, 0.29) is 11.7 Å². The second kappa shape index (κ2) is 8.35. The zero-order chi connectivity index (χ0) is 22.1. The number of halogens is 1. The molecule has 0 aliphatic carbocycles. The summed E-state index contributed by atoms with van der Waals surface area (Å²) in [5, 5.41) is 6.07. The maximum absolute atomic E-state index is 13.6. The fraction of sp³-hybridized carbons (Fsp3) is 0.217. The van der Waals surface area contributed by atoms with Crippen molar-refractivity contribution in [2.75, 3.05) is 36.4 Å². The van der Waals surface area contributed by atoms with Crippen molar-refractivity contribution in [2.24, 2.45) is 0 Å². The number of nitrogens with zero attached hydrogens (tertiary/aromatic N) is 5. The molecular formula is C23H22FN7O. The highest BCUT2D eigenvalue weighted by Gasteiger charge is 2.19. The van der Waals surface area contributed by atoms with Gasteiger partial charge >= 0.3 is 0 Å². The van der Waals surface area contributed by atoms with Crippen molar-refractivity contribution in [3.05, 3.63) is 60.5 Å². The SMILES string of the molecule is CC(=O)Nc1cc(-n2c(-c3ccc(F)cc3)nc3ccc(N4CCNCC4)nc32)ccn1. The number of benzene rings is 1. The van der Waals surface area contributed by atoms with Crippen molar-refractivity contribution in [3.63, 3.8) is 0 Å². The molecular weight excluding hydrogens is 409 g/mol. The van der Waals surface area contributed by atoms with E-state index >= 15 is 0 Å². The number of amides is 1. The number of hydrogen-bond acceptors (Lipinski definition) is 6. The minimum atomic E-state index is -0.313. The first-order valence-corrected chi connectivity index (χ1v) is 10.4. The van der Waals surface area contributed by atoms with Crippen LogP contribution in [0.3, 0.4) is 0 Å². The number of nitrogens with one attached hydrogen (secondary N) is 2. The van der Waals surface area contributed by atoms with Gasteiger partial charge in [0.2, 0.25) is 5.91 Å². The fourth-order valence-corrected chi connectivity index (χ4v) is 3.86. The topological polar surface area (TPSA) is 88.0 Å². The smallest absolute Gasteiger partial charge is 0.222 e. The molecule has 32 heavy (non-hydrogen) atoms. The third-order valence-electron chi connectivity index (χ3n) is 5.34. The van der Waals surface area contributed by atoms with Gasteiger partial charge in [-0.05, 0) is 42.5 Å². The summed E-state index contributed by atoms with van der Waals surface area (Å²) in [6, 6.07) is 13.8. The zero-order valence-corrected chi connectivity index (χ0v) is 17.5. The second-order valence-electron chi connectivity index (χ2n) is 7.61. The highest BCUT2D eigenvalue weighted by atomic mass is 19.1. The van der Waals surface area contributed by atoms with E-state index in [1.165, 1.54) is 19.1 Å². The molecule has 1 aliphatic rings. The molecule has 8 nitrogen and oxygen atoms in total. The average Bonchev–Trinajstić information content (AvgIpc) is 3.18. The maximum atomic E-state index is 13.6. The molecule has 3 aromatic heterocycles. The Morgan fingerprint density at radius 2 is 1.84 bits per heavy atom. The van der Waals surface area contributed by atoms with Gasteiger partial charge in [0.15, 0.2) is 5.65 Å². The monoisotopic (exact) mass is 431 g/mol. The molecule has 162 valence electrons. The Balaban J connectivity index is 1.70. The van der Waals surface area contributed by atoms with Gasteiger partial charge in [-0.3, -0.25) is 9.36 Å². The van der Waals surface area contributed by atoms with E-state index in [4.69, 9.17) is 9.97 Å². The quantitative estimate of drug-likeness (QED) is 0.517. The number of aromatic nitrogens is 4. The van der Waals surface area contributed by atoms with Gasteiger partial charge in [0.25, 0.3) is 0 Å². The number of carbonyl (C=O) groups is 1. The van der Waals surface area contributed by atoms with Gasteiger partial charge in [0.1, 0.15) is 28.8 Å². The lowest BCUT2D eigenvalue weighted by molar-refractivity contribution is -0.114. The first-order valence-electron chi connectivity index (χ1n) is 10.4. The fourth-order valence-electron chi connectivity index (χ4n) is 3.86. The lowest BCUT2D eigenvalue weighted by Crippen LogP contribution is -2.43. The van der Waals surface area contributed by atoms with Crippen LogP contribution < -0.4 is 15.5 Å². The van der Waals surface area contributed by atoms with Crippen LogP contribution in [0.5, 0.6) is 0 Å². The summed E-state index contributed by atoms with van der Waals surface area (Å²) in [5.74, 6) is 1.42. The first kappa shape index (κ1) is 20.1. The molecule has 0 atom stereocenters. The van der Waals surface area contributed by atoms with E-state index < -0.39 is 0 Å². The third kappa shape index (κ3) is 3.90. The summed E-state index contributed by atoms with van der Waals surface area (Å²) in [6.07, 6.45) is 1.63. The first-order chi connectivity index (χ1) is 15.6. The Kier molecular flexibility index (Phi) is 5.24. The molecule has 0 saturated carbocycles. The van der Waals surface area contributed by atoms with Gasteiger partial charge < -0.3 is 15.5 Å². The molecule has 0 unspecified atom stereocenters. The molecule has 9 heteroatoms. The predicted molar refractivity (Wildman–Crippen MR) is 121 cm³/mol. The molecule has 5 rings (SSSR count). The highest BCUT2D eigenvalue weighted by Crippen LogP contribution is 2.30. The summed E-state index contributed by atoms with van der Waals surface area (Å²) >= 11 is 0. The number of carbonyl (C=O) groups excluding carboxylic acids is 1. The van der Waals surface area contributed by atoms with Gasteiger partial charge in [-0.15, -0.1) is 0 Å². The number of anilines is 2. The average molecular weight is 431 g/mol. The predicted octanol–water partition coefficient (Wildman–Crippen LogP) is 2.99. The van der Waals surface area contributed by atoms with Crippen LogP contribution in [-0.4, -0.2) is 51.6 Å². The van der Waals surface area contributed by atoms with Crippen LogP contribution in [0.2, 0.25) is 0 Å². The van der Waals surface area contributed by atoms with E-state index in [0.717, 1.165) is 48.8 Å². The van der Waals surface area contributed by atoms with Crippen LogP contribution in [0, 0.1) is 5.82 Å². The normalized spacial score (nSPS) is 14.0. The minimum Gasteiger partial charge on any atom is -0.354 e. The van der Waals surface area contributed by atoms with E-state index in [1.807, 2.05) is 22.8 Å². The Morgan fingerprint density at radius 1 is 1.06 bits per heavy atom. The van der Waals surface area contributed by atoms with Gasteiger partial charge in [-0.25, -0.2) is 19.3 Å². The molecule has 0 radical (unpaired) electrons. The minimum absolute atomic E-state index is 0.206. The van der Waals surface area contributed by atoms with Crippen molar-refractivity contribution < 1.29 is 9.18 Å². The van der Waals surface area contributed by atoms with Crippen molar-refractivity contribution in [3.8, 4) is 17.1 Å². The molecule has 2 N–H and O–H groups in total. The number of rotatable bonds is 4. The second-order valence-corrected chi connectivity index (χ2v) is 7.61. The number of pyridine rings is 2. The molecule has 1 fully saturated rings. The van der Waals surface area contributed by atoms with Crippen molar-refractivity contribution in [1.82, 2.24) is 24.8 Å². The molecule has 1 saturated heterocycles. The van der Waals surface area contributed by atoms with E-state index in [9.17, 15) is 9.18 Å². The summed E-state index contributed by atoms with van der Waals surface area (Å²) in [6.45, 7) is 5.00. The molecule has 0 bridgehead atoms. The third-order valence-corrected chi connectivity index (χ3v) is 5.34. The summed E-state index contributed by atoms with van der Waals surface area (Å²) in [5.41, 5.74) is 2.91. The lowest BCUT2D eigenvalue weighted by atomic mass is 10.2. The molecule has 0 spiro atoms. The van der Waals surface area contributed by atoms with Crippen molar-refractivity contribution in [1.29, 1.82) is 0 Å². The molecule has 1 aromatic carbocycles. The standard InChI is InChI=1S/C23H22FN7O/c1-15(32)27-20-14-18(8-9-26-20)31-22(16-2-4-17(24)5-3-16)28-19-6-7-21(29-23(19)31)30-12-10-25-11-13-30/h2-9,14,25H,10-13H2,1H3,(H,26,27,32). The summed E-state index contributed by atoms with van der Waals surface area (Å²) < 4.78 is 15.5. The van der Waals surface area contributed by atoms with Crippen LogP contribution >= 0.6 is 0 Å².